The largest absolute Gasteiger partial charge is 0.488 e. The molecule has 0 aromatic heterocycles. The van der Waals surface area contributed by atoms with Gasteiger partial charge in [-0.15, -0.1) is 0 Å². The van der Waals surface area contributed by atoms with E-state index in [0.29, 0.717) is 6.42 Å². The lowest BCUT2D eigenvalue weighted by molar-refractivity contribution is -0.141. The fourth-order valence-electron chi connectivity index (χ4n) is 2.05. The maximum Gasteiger partial charge on any atom is 0.328 e. The number of anilines is 1. The lowest BCUT2D eigenvalue weighted by Crippen LogP contribution is -2.24. The average Bonchev–Trinajstić information content (AvgIpc) is 2.58. The zero-order chi connectivity index (χ0) is 14.0. The van der Waals surface area contributed by atoms with Gasteiger partial charge in [-0.05, 0) is 52.0 Å². The van der Waals surface area contributed by atoms with Gasteiger partial charge in [0.2, 0.25) is 0 Å². The van der Waals surface area contributed by atoms with Crippen LogP contribution >= 0.6 is 0 Å². The molecule has 2 atom stereocenters. The second-order valence-corrected chi connectivity index (χ2v) is 5.92. The predicted molar refractivity (Wildman–Crippen MR) is 74.4 cm³/mol. The van der Waals surface area contributed by atoms with Crippen molar-refractivity contribution in [3.8, 4) is 5.75 Å². The molecule has 0 unspecified atom stereocenters. The Labute approximate surface area is 114 Å². The minimum atomic E-state index is -0.246. The molecular formula is C15H21NO3. The van der Waals surface area contributed by atoms with Crippen LogP contribution in [0.25, 0.3) is 0 Å². The number of ether oxygens (including phenoxy) is 2. The Morgan fingerprint density at radius 1 is 1.26 bits per heavy atom. The van der Waals surface area contributed by atoms with Gasteiger partial charge >= 0.3 is 5.97 Å². The predicted octanol–water partition coefficient (Wildman–Crippen LogP) is 2.98. The van der Waals surface area contributed by atoms with Crippen LogP contribution < -0.4 is 10.1 Å². The van der Waals surface area contributed by atoms with E-state index < -0.39 is 0 Å². The minimum Gasteiger partial charge on any atom is -0.488 e. The highest BCUT2D eigenvalue weighted by Crippen LogP contribution is 2.23. The van der Waals surface area contributed by atoms with Crippen LogP contribution in [0.2, 0.25) is 0 Å². The summed E-state index contributed by atoms with van der Waals surface area (Å²) in [5, 5.41) is 3.18. The molecule has 104 valence electrons. The molecule has 0 bridgehead atoms. The van der Waals surface area contributed by atoms with Crippen LogP contribution in [-0.4, -0.2) is 23.7 Å². The van der Waals surface area contributed by atoms with E-state index in [9.17, 15) is 4.79 Å². The molecule has 1 fully saturated rings. The third-order valence-corrected chi connectivity index (χ3v) is 2.79. The molecule has 4 nitrogen and oxygen atoms in total. The zero-order valence-electron chi connectivity index (χ0n) is 11.9. The summed E-state index contributed by atoms with van der Waals surface area (Å²) in [4.78, 5) is 11.5. The number of hydrogen-bond donors (Lipinski definition) is 1. The highest BCUT2D eigenvalue weighted by molar-refractivity contribution is 5.81. The summed E-state index contributed by atoms with van der Waals surface area (Å²) in [5.74, 6) is 0.642. The Hall–Kier alpha value is -1.71. The summed E-state index contributed by atoms with van der Waals surface area (Å²) in [7, 11) is 0. The van der Waals surface area contributed by atoms with Crippen molar-refractivity contribution in [3.63, 3.8) is 0 Å². The fraction of sp³-hybridized carbons (Fsp3) is 0.533. The third kappa shape index (κ3) is 3.88. The number of carbonyl (C=O) groups is 1. The third-order valence-electron chi connectivity index (χ3n) is 2.79. The van der Waals surface area contributed by atoms with E-state index in [1.807, 2.05) is 52.0 Å². The van der Waals surface area contributed by atoms with E-state index in [1.165, 1.54) is 0 Å². The topological polar surface area (TPSA) is 47.6 Å². The highest BCUT2D eigenvalue weighted by atomic mass is 16.6. The second-order valence-electron chi connectivity index (χ2n) is 5.92. The standard InChI is InChI=1S/C15H21NO3/c1-10-9-13(14(17)18-10)16-11-5-7-12(8-6-11)19-15(2,3)4/h5-8,10,13,16H,9H2,1-4H3/t10-,13+/m1/s1. The lowest BCUT2D eigenvalue weighted by atomic mass is 10.1. The van der Waals surface area contributed by atoms with Crippen molar-refractivity contribution >= 4 is 11.7 Å². The van der Waals surface area contributed by atoms with Crippen molar-refractivity contribution < 1.29 is 14.3 Å². The molecule has 4 heteroatoms. The molecule has 1 aliphatic rings. The van der Waals surface area contributed by atoms with Crippen LogP contribution in [0.5, 0.6) is 5.75 Å². The van der Waals surface area contributed by atoms with Crippen molar-refractivity contribution in [1.82, 2.24) is 0 Å². The van der Waals surface area contributed by atoms with Crippen LogP contribution in [0.4, 0.5) is 5.69 Å². The SMILES string of the molecule is C[C@@H]1C[C@H](Nc2ccc(OC(C)(C)C)cc2)C(=O)O1. The number of rotatable bonds is 3. The second kappa shape index (κ2) is 5.11. The van der Waals surface area contributed by atoms with Gasteiger partial charge in [0.25, 0.3) is 0 Å². The van der Waals surface area contributed by atoms with E-state index in [4.69, 9.17) is 9.47 Å². The molecule has 0 saturated carbocycles. The van der Waals surface area contributed by atoms with E-state index in [1.54, 1.807) is 0 Å². The van der Waals surface area contributed by atoms with Gasteiger partial charge in [0.15, 0.2) is 0 Å². The van der Waals surface area contributed by atoms with E-state index >= 15 is 0 Å². The molecule has 1 heterocycles. The molecule has 0 amide bonds. The first kappa shape index (κ1) is 13.7. The van der Waals surface area contributed by atoms with Gasteiger partial charge in [-0.3, -0.25) is 0 Å². The quantitative estimate of drug-likeness (QED) is 0.852. The van der Waals surface area contributed by atoms with Gasteiger partial charge in [0, 0.05) is 12.1 Å². The van der Waals surface area contributed by atoms with Crippen molar-refractivity contribution in [1.29, 1.82) is 0 Å². The van der Waals surface area contributed by atoms with E-state index in [2.05, 4.69) is 5.32 Å². The van der Waals surface area contributed by atoms with E-state index in [-0.39, 0.29) is 23.7 Å². The first-order chi connectivity index (χ1) is 8.83. The summed E-state index contributed by atoms with van der Waals surface area (Å²) < 4.78 is 10.9. The maximum atomic E-state index is 11.5. The molecule has 2 rings (SSSR count). The summed E-state index contributed by atoms with van der Waals surface area (Å²) in [6, 6.07) is 7.38. The first-order valence-electron chi connectivity index (χ1n) is 6.59. The van der Waals surface area contributed by atoms with Crippen molar-refractivity contribution in [2.24, 2.45) is 0 Å². The molecule has 0 aliphatic carbocycles. The van der Waals surface area contributed by atoms with Crippen molar-refractivity contribution in [3.05, 3.63) is 24.3 Å². The maximum absolute atomic E-state index is 11.5. The zero-order valence-corrected chi connectivity index (χ0v) is 11.9. The van der Waals surface area contributed by atoms with Gasteiger partial charge in [-0.1, -0.05) is 0 Å². The Morgan fingerprint density at radius 2 is 1.89 bits per heavy atom. The number of benzene rings is 1. The fourth-order valence-corrected chi connectivity index (χ4v) is 2.05. The Balaban J connectivity index is 1.97. The van der Waals surface area contributed by atoms with Crippen LogP contribution in [0, 0.1) is 0 Å². The van der Waals surface area contributed by atoms with Crippen LogP contribution in [-0.2, 0) is 9.53 Å². The Morgan fingerprint density at radius 3 is 2.37 bits per heavy atom. The summed E-state index contributed by atoms with van der Waals surface area (Å²) in [5.41, 5.74) is 0.692. The molecule has 19 heavy (non-hydrogen) atoms. The number of hydrogen-bond acceptors (Lipinski definition) is 4. The molecule has 1 aliphatic heterocycles. The van der Waals surface area contributed by atoms with Gasteiger partial charge in [-0.25, -0.2) is 4.79 Å². The van der Waals surface area contributed by atoms with E-state index in [0.717, 1.165) is 11.4 Å². The van der Waals surface area contributed by atoms with Gasteiger partial charge in [-0.2, -0.15) is 0 Å². The van der Waals surface area contributed by atoms with Crippen molar-refractivity contribution in [2.45, 2.75) is 51.9 Å². The van der Waals surface area contributed by atoms with Gasteiger partial charge in [0.05, 0.1) is 0 Å². The number of carbonyl (C=O) groups excluding carboxylic acids is 1. The summed E-state index contributed by atoms with van der Waals surface area (Å²) >= 11 is 0. The normalized spacial score (nSPS) is 23.1. The summed E-state index contributed by atoms with van der Waals surface area (Å²) in [6.07, 6.45) is 0.701. The van der Waals surface area contributed by atoms with Crippen molar-refractivity contribution in [2.75, 3.05) is 5.32 Å². The van der Waals surface area contributed by atoms with Crippen LogP contribution in [0.3, 0.4) is 0 Å². The monoisotopic (exact) mass is 263 g/mol. The molecule has 0 radical (unpaired) electrons. The molecule has 1 aromatic rings. The molecule has 1 aromatic carbocycles. The Bertz CT molecular complexity index is 447. The molecular weight excluding hydrogens is 242 g/mol. The number of cyclic esters (lactones) is 1. The number of nitrogens with one attached hydrogen (secondary N) is 1. The average molecular weight is 263 g/mol. The van der Waals surface area contributed by atoms with Crippen LogP contribution in [0.1, 0.15) is 34.1 Å². The Kier molecular flexibility index (Phi) is 3.69. The summed E-state index contributed by atoms with van der Waals surface area (Å²) in [6.45, 7) is 7.93. The molecule has 0 spiro atoms. The first-order valence-corrected chi connectivity index (χ1v) is 6.59. The highest BCUT2D eigenvalue weighted by Gasteiger charge is 2.31. The number of esters is 1. The van der Waals surface area contributed by atoms with Gasteiger partial charge in [0.1, 0.15) is 23.5 Å². The minimum absolute atomic E-state index is 0.00602. The smallest absolute Gasteiger partial charge is 0.328 e. The molecule has 1 saturated heterocycles. The van der Waals surface area contributed by atoms with Crippen LogP contribution in [0.15, 0.2) is 24.3 Å². The molecule has 1 N–H and O–H groups in total. The lowest BCUT2D eigenvalue weighted by Gasteiger charge is -2.21. The van der Waals surface area contributed by atoms with Gasteiger partial charge < -0.3 is 14.8 Å².